The predicted octanol–water partition coefficient (Wildman–Crippen LogP) is 1.26. The Morgan fingerprint density at radius 1 is 1.26 bits per heavy atom. The molecule has 0 aliphatic carbocycles. The van der Waals surface area contributed by atoms with E-state index in [0.29, 0.717) is 11.1 Å². The van der Waals surface area contributed by atoms with E-state index in [1.165, 1.54) is 25.3 Å². The van der Waals surface area contributed by atoms with Gasteiger partial charge in [-0.1, -0.05) is 18.2 Å². The molecule has 0 fully saturated rings. The van der Waals surface area contributed by atoms with E-state index in [1.54, 1.807) is 24.3 Å². The highest BCUT2D eigenvalue weighted by atomic mass is 32.2. The van der Waals surface area contributed by atoms with Gasteiger partial charge in [-0.05, 0) is 24.3 Å². The van der Waals surface area contributed by atoms with E-state index in [1.807, 2.05) is 0 Å². The number of fused-ring (bicyclic) bond motifs is 1. The molecule has 7 nitrogen and oxygen atoms in total. The lowest BCUT2D eigenvalue weighted by atomic mass is 9.99. The minimum absolute atomic E-state index is 0.0472. The normalized spacial score (nSPS) is 15.9. The molecule has 0 aromatic heterocycles. The van der Waals surface area contributed by atoms with Gasteiger partial charge in [0.2, 0.25) is 0 Å². The van der Waals surface area contributed by atoms with Gasteiger partial charge in [-0.2, -0.15) is 17.9 Å². The molecule has 0 amide bonds. The number of ether oxygens (including phenoxy) is 1. The van der Waals surface area contributed by atoms with Gasteiger partial charge in [0.05, 0.1) is 12.0 Å². The zero-order chi connectivity index (χ0) is 16.6. The Labute approximate surface area is 132 Å². The van der Waals surface area contributed by atoms with Crippen LogP contribution in [0.4, 0.5) is 0 Å². The fourth-order valence-corrected chi connectivity index (χ4v) is 3.59. The summed E-state index contributed by atoms with van der Waals surface area (Å²) in [5, 5.41) is 13.4. The van der Waals surface area contributed by atoms with E-state index < -0.39 is 10.0 Å². The van der Waals surface area contributed by atoms with Crippen LogP contribution in [-0.4, -0.2) is 32.1 Å². The van der Waals surface area contributed by atoms with Crippen molar-refractivity contribution < 1.29 is 18.3 Å². The maximum atomic E-state index is 12.1. The van der Waals surface area contributed by atoms with Crippen molar-refractivity contribution in [1.29, 1.82) is 0 Å². The molecule has 0 saturated carbocycles. The SMILES string of the molecule is COc1cc(C(=NN)C2=NS(=O)(=O)c3ccccc32)ccc1O. The smallest absolute Gasteiger partial charge is 0.283 e. The molecule has 0 radical (unpaired) electrons. The quantitative estimate of drug-likeness (QED) is 0.499. The van der Waals surface area contributed by atoms with Crippen LogP contribution in [0.5, 0.6) is 11.5 Å². The van der Waals surface area contributed by atoms with E-state index in [2.05, 4.69) is 9.50 Å². The summed E-state index contributed by atoms with van der Waals surface area (Å²) in [4.78, 5) is 0.113. The Balaban J connectivity index is 2.18. The number of nitrogens with zero attached hydrogens (tertiary/aromatic N) is 2. The van der Waals surface area contributed by atoms with Crippen molar-refractivity contribution in [1.82, 2.24) is 0 Å². The van der Waals surface area contributed by atoms with Crippen LogP contribution in [0.3, 0.4) is 0 Å². The summed E-state index contributed by atoms with van der Waals surface area (Å²) in [6.45, 7) is 0. The van der Waals surface area contributed by atoms with Crippen molar-refractivity contribution in [3.8, 4) is 11.5 Å². The van der Waals surface area contributed by atoms with Crippen LogP contribution in [0.15, 0.2) is 56.9 Å². The van der Waals surface area contributed by atoms with E-state index >= 15 is 0 Å². The topological polar surface area (TPSA) is 114 Å². The monoisotopic (exact) mass is 331 g/mol. The number of benzene rings is 2. The second-order valence-corrected chi connectivity index (χ2v) is 6.35. The maximum Gasteiger partial charge on any atom is 0.283 e. The molecule has 23 heavy (non-hydrogen) atoms. The lowest BCUT2D eigenvalue weighted by Crippen LogP contribution is -2.17. The van der Waals surface area contributed by atoms with Gasteiger partial charge in [0.1, 0.15) is 11.4 Å². The summed E-state index contributed by atoms with van der Waals surface area (Å²) in [5.41, 5.74) is 1.27. The first-order chi connectivity index (χ1) is 11.0. The third-order valence-electron chi connectivity index (χ3n) is 3.44. The Bertz CT molecular complexity index is 949. The Hall–Kier alpha value is -2.87. The lowest BCUT2D eigenvalue weighted by molar-refractivity contribution is 0.373. The maximum absolute atomic E-state index is 12.1. The first kappa shape index (κ1) is 15.0. The average Bonchev–Trinajstić information content (AvgIpc) is 2.82. The number of aromatic hydroxyl groups is 1. The van der Waals surface area contributed by atoms with Crippen LogP contribution in [0.25, 0.3) is 0 Å². The second kappa shape index (κ2) is 5.40. The zero-order valence-electron chi connectivity index (χ0n) is 12.1. The number of phenols is 1. The molecular weight excluding hydrogens is 318 g/mol. The van der Waals surface area contributed by atoms with Gasteiger partial charge >= 0.3 is 0 Å². The number of hydrazone groups is 1. The first-order valence-corrected chi connectivity index (χ1v) is 8.02. The van der Waals surface area contributed by atoms with Crippen LogP contribution < -0.4 is 10.6 Å². The fraction of sp³-hybridized carbons (Fsp3) is 0.0667. The van der Waals surface area contributed by atoms with Crippen molar-refractivity contribution >= 4 is 21.4 Å². The Kier molecular flexibility index (Phi) is 3.53. The first-order valence-electron chi connectivity index (χ1n) is 6.58. The molecule has 0 unspecified atom stereocenters. The highest BCUT2D eigenvalue weighted by molar-refractivity contribution is 7.91. The summed E-state index contributed by atoms with van der Waals surface area (Å²) in [6, 6.07) is 10.9. The van der Waals surface area contributed by atoms with Crippen molar-refractivity contribution in [2.45, 2.75) is 4.90 Å². The number of hydrogen-bond donors (Lipinski definition) is 2. The largest absolute Gasteiger partial charge is 0.504 e. The molecule has 1 aliphatic rings. The second-order valence-electron chi connectivity index (χ2n) is 4.78. The predicted molar refractivity (Wildman–Crippen MR) is 85.5 cm³/mol. The molecule has 0 atom stereocenters. The molecule has 8 heteroatoms. The van der Waals surface area contributed by atoms with Gasteiger partial charge in [0.15, 0.2) is 11.5 Å². The van der Waals surface area contributed by atoms with Crippen LogP contribution in [0, 0.1) is 0 Å². The zero-order valence-corrected chi connectivity index (χ0v) is 12.9. The number of sulfonamides is 1. The standard InChI is InChI=1S/C15H13N3O4S/c1-22-12-8-9(6-7-11(12)19)14(17-16)15-10-4-2-3-5-13(10)23(20,21)18-15/h2-8,19H,16H2,1H3. The van der Waals surface area contributed by atoms with E-state index in [0.717, 1.165) is 0 Å². The molecule has 118 valence electrons. The molecule has 2 aromatic carbocycles. The average molecular weight is 331 g/mol. The van der Waals surface area contributed by atoms with Crippen molar-refractivity contribution in [3.63, 3.8) is 0 Å². The summed E-state index contributed by atoms with van der Waals surface area (Å²) in [5.74, 6) is 5.64. The van der Waals surface area contributed by atoms with E-state index in [9.17, 15) is 13.5 Å². The van der Waals surface area contributed by atoms with Crippen LogP contribution in [-0.2, 0) is 10.0 Å². The molecule has 1 aliphatic heterocycles. The molecule has 3 N–H and O–H groups in total. The summed E-state index contributed by atoms with van der Waals surface area (Å²) in [6.07, 6.45) is 0. The van der Waals surface area contributed by atoms with Crippen LogP contribution >= 0.6 is 0 Å². The van der Waals surface area contributed by atoms with E-state index in [4.69, 9.17) is 10.6 Å². The third kappa shape index (κ3) is 2.42. The number of methoxy groups -OCH3 is 1. The van der Waals surface area contributed by atoms with Crippen molar-refractivity contribution in [3.05, 3.63) is 53.6 Å². The van der Waals surface area contributed by atoms with Gasteiger partial charge < -0.3 is 15.7 Å². The highest BCUT2D eigenvalue weighted by Gasteiger charge is 2.31. The van der Waals surface area contributed by atoms with E-state index in [-0.39, 0.29) is 27.8 Å². The summed E-state index contributed by atoms with van der Waals surface area (Å²) >= 11 is 0. The molecule has 3 rings (SSSR count). The lowest BCUT2D eigenvalue weighted by Gasteiger charge is -2.09. The summed E-state index contributed by atoms with van der Waals surface area (Å²) < 4.78 is 33.1. The van der Waals surface area contributed by atoms with Gasteiger partial charge in [-0.25, -0.2) is 0 Å². The number of rotatable bonds is 3. The molecular formula is C15H13N3O4S. The summed E-state index contributed by atoms with van der Waals surface area (Å²) in [7, 11) is -2.36. The van der Waals surface area contributed by atoms with Gasteiger partial charge in [-0.3, -0.25) is 0 Å². The molecule has 0 bridgehead atoms. The van der Waals surface area contributed by atoms with Crippen LogP contribution in [0.2, 0.25) is 0 Å². The molecule has 0 saturated heterocycles. The van der Waals surface area contributed by atoms with Gasteiger partial charge in [0, 0.05) is 11.1 Å². The molecule has 2 aromatic rings. The van der Waals surface area contributed by atoms with Crippen molar-refractivity contribution in [2.75, 3.05) is 7.11 Å². The highest BCUT2D eigenvalue weighted by Crippen LogP contribution is 2.30. The molecule has 1 heterocycles. The minimum atomic E-state index is -3.77. The number of phenolic OH excluding ortho intramolecular Hbond substituents is 1. The van der Waals surface area contributed by atoms with Gasteiger partial charge in [-0.15, -0.1) is 0 Å². The fourth-order valence-electron chi connectivity index (χ4n) is 2.37. The van der Waals surface area contributed by atoms with Gasteiger partial charge in [0.25, 0.3) is 10.0 Å². The third-order valence-corrected chi connectivity index (χ3v) is 4.77. The van der Waals surface area contributed by atoms with Crippen LogP contribution in [0.1, 0.15) is 11.1 Å². The Morgan fingerprint density at radius 2 is 2.00 bits per heavy atom. The molecule has 0 spiro atoms. The number of hydrogen-bond acceptors (Lipinski definition) is 6. The minimum Gasteiger partial charge on any atom is -0.504 e. The Morgan fingerprint density at radius 3 is 2.70 bits per heavy atom. The number of nitrogens with two attached hydrogens (primary N) is 1. The van der Waals surface area contributed by atoms with Crippen molar-refractivity contribution in [2.24, 2.45) is 15.3 Å².